The van der Waals surface area contributed by atoms with Crippen molar-refractivity contribution < 1.29 is 23.9 Å². The van der Waals surface area contributed by atoms with Crippen LogP contribution in [-0.4, -0.2) is 46.1 Å². The van der Waals surface area contributed by atoms with E-state index in [-0.39, 0.29) is 27.8 Å². The van der Waals surface area contributed by atoms with Crippen molar-refractivity contribution in [3.05, 3.63) is 63.8 Å². The van der Waals surface area contributed by atoms with Gasteiger partial charge in [-0.1, -0.05) is 31.0 Å². The number of aromatic nitrogens is 1. The molecule has 1 saturated heterocycles. The predicted molar refractivity (Wildman–Crippen MR) is 122 cm³/mol. The summed E-state index contributed by atoms with van der Waals surface area (Å²) in [5.74, 6) is -1.76. The molecule has 0 aliphatic carbocycles. The van der Waals surface area contributed by atoms with Crippen LogP contribution < -0.4 is 5.32 Å². The lowest BCUT2D eigenvalue weighted by Gasteiger charge is -2.13. The lowest BCUT2D eigenvalue weighted by molar-refractivity contribution is -0.127. The van der Waals surface area contributed by atoms with Crippen LogP contribution in [0.15, 0.2) is 47.5 Å². The molecule has 166 valence electrons. The first-order chi connectivity index (χ1) is 15.4. The molecule has 0 bridgehead atoms. The van der Waals surface area contributed by atoms with E-state index < -0.39 is 29.6 Å². The second-order valence-electron chi connectivity index (χ2n) is 6.75. The van der Waals surface area contributed by atoms with E-state index in [1.807, 2.05) is 6.92 Å². The van der Waals surface area contributed by atoms with Crippen LogP contribution in [0.5, 0.6) is 0 Å². The fourth-order valence-corrected chi connectivity index (χ4v) is 3.74. The largest absolute Gasteiger partial charge is 0.462 e. The Morgan fingerprint density at radius 2 is 2.06 bits per heavy atom. The van der Waals surface area contributed by atoms with Crippen molar-refractivity contribution in [2.24, 2.45) is 0 Å². The first kappa shape index (κ1) is 23.5. The summed E-state index contributed by atoms with van der Waals surface area (Å²) in [6, 6.07) is 9.56. The number of benzene rings is 1. The van der Waals surface area contributed by atoms with Gasteiger partial charge in [-0.3, -0.25) is 24.3 Å². The van der Waals surface area contributed by atoms with Crippen molar-refractivity contribution in [2.75, 3.05) is 18.5 Å². The van der Waals surface area contributed by atoms with Crippen molar-refractivity contribution in [3.63, 3.8) is 0 Å². The van der Waals surface area contributed by atoms with Gasteiger partial charge in [-0.15, -0.1) is 0 Å². The summed E-state index contributed by atoms with van der Waals surface area (Å²) in [4.78, 5) is 54.6. The average molecular weight is 474 g/mol. The molecule has 1 aromatic carbocycles. The maximum Gasteiger partial charge on any atom is 0.339 e. The van der Waals surface area contributed by atoms with Crippen molar-refractivity contribution in [1.82, 2.24) is 9.88 Å². The van der Waals surface area contributed by atoms with E-state index in [1.54, 1.807) is 24.4 Å². The zero-order valence-corrected chi connectivity index (χ0v) is 18.7. The maximum absolute atomic E-state index is 12.6. The Morgan fingerprint density at radius 3 is 2.78 bits per heavy atom. The van der Waals surface area contributed by atoms with Crippen molar-refractivity contribution >= 4 is 58.1 Å². The van der Waals surface area contributed by atoms with Crippen molar-refractivity contribution in [1.29, 1.82) is 0 Å². The van der Waals surface area contributed by atoms with Gasteiger partial charge in [0.25, 0.3) is 11.1 Å². The number of imide groups is 1. The highest BCUT2D eigenvalue weighted by molar-refractivity contribution is 8.18. The van der Waals surface area contributed by atoms with Gasteiger partial charge in [0.15, 0.2) is 0 Å². The number of ether oxygens (including phenoxy) is 1. The number of hydrogen-bond acceptors (Lipinski definition) is 7. The lowest BCUT2D eigenvalue weighted by atomic mass is 10.2. The number of unbranched alkanes of at least 4 members (excludes halogenated alkanes) is 1. The molecule has 0 spiro atoms. The second-order valence-corrected chi connectivity index (χ2v) is 8.16. The van der Waals surface area contributed by atoms with E-state index in [0.29, 0.717) is 5.69 Å². The van der Waals surface area contributed by atoms with Crippen LogP contribution in [0.4, 0.5) is 10.5 Å². The molecule has 8 nitrogen and oxygen atoms in total. The summed E-state index contributed by atoms with van der Waals surface area (Å²) in [6.45, 7) is 1.78. The van der Waals surface area contributed by atoms with Gasteiger partial charge in [-0.05, 0) is 54.6 Å². The van der Waals surface area contributed by atoms with Gasteiger partial charge in [0.1, 0.15) is 6.54 Å². The minimum atomic E-state index is -0.598. The molecule has 10 heteroatoms. The quantitative estimate of drug-likeness (QED) is 0.344. The van der Waals surface area contributed by atoms with Gasteiger partial charge >= 0.3 is 5.97 Å². The van der Waals surface area contributed by atoms with E-state index in [2.05, 4.69) is 10.3 Å². The molecule has 1 fully saturated rings. The number of amides is 3. The summed E-state index contributed by atoms with van der Waals surface area (Å²) >= 11 is 6.82. The Kier molecular flexibility index (Phi) is 8.02. The number of anilines is 1. The van der Waals surface area contributed by atoms with E-state index in [0.717, 1.165) is 29.5 Å². The third-order valence-corrected chi connectivity index (χ3v) is 5.58. The number of esters is 1. The molecule has 0 saturated carbocycles. The maximum atomic E-state index is 12.6. The summed E-state index contributed by atoms with van der Waals surface area (Å²) in [5.41, 5.74) is 0.935. The molecule has 3 amide bonds. The van der Waals surface area contributed by atoms with E-state index >= 15 is 0 Å². The molecular formula is C22H20ClN3O5S. The van der Waals surface area contributed by atoms with Crippen LogP contribution in [0.1, 0.15) is 35.8 Å². The molecule has 32 heavy (non-hydrogen) atoms. The summed E-state index contributed by atoms with van der Waals surface area (Å²) in [7, 11) is 0. The number of nitrogens with zero attached hydrogens (tertiary/aromatic N) is 2. The Labute approximate surface area is 194 Å². The number of carbonyl (C=O) groups is 4. The van der Waals surface area contributed by atoms with Gasteiger partial charge in [0, 0.05) is 11.9 Å². The molecule has 0 radical (unpaired) electrons. The minimum Gasteiger partial charge on any atom is -0.462 e. The zero-order chi connectivity index (χ0) is 23.1. The smallest absolute Gasteiger partial charge is 0.339 e. The number of halogens is 1. The van der Waals surface area contributed by atoms with Crippen LogP contribution in [0, 0.1) is 0 Å². The number of nitrogens with one attached hydrogen (secondary N) is 1. The molecular weight excluding hydrogens is 454 g/mol. The molecule has 3 rings (SSSR count). The normalized spacial score (nSPS) is 14.7. The lowest BCUT2D eigenvalue weighted by Crippen LogP contribution is -2.36. The monoisotopic (exact) mass is 473 g/mol. The van der Waals surface area contributed by atoms with Gasteiger partial charge in [-0.25, -0.2) is 4.79 Å². The third-order valence-electron chi connectivity index (χ3n) is 4.34. The average Bonchev–Trinajstić information content (AvgIpc) is 3.03. The second kappa shape index (κ2) is 10.9. The predicted octanol–water partition coefficient (Wildman–Crippen LogP) is 4.37. The topological polar surface area (TPSA) is 106 Å². The summed E-state index contributed by atoms with van der Waals surface area (Å²) < 4.78 is 5.16. The highest BCUT2D eigenvalue weighted by Crippen LogP contribution is 2.31. The molecule has 0 atom stereocenters. The van der Waals surface area contributed by atoms with E-state index in [4.69, 9.17) is 16.3 Å². The number of rotatable bonds is 8. The number of thioether (sulfide) groups is 1. The standard InChI is InChI=1S/C22H20ClN3O5S/c1-2-3-10-31-21(29)16-11-15(7-8-17(16)23)25-19(27)13-26-20(28)18(32-22(26)30)12-14-6-4-5-9-24-14/h4-9,11-12H,2-3,10,13H2,1H3,(H,25,27)/b18-12-. The van der Waals surface area contributed by atoms with Gasteiger partial charge < -0.3 is 10.1 Å². The van der Waals surface area contributed by atoms with Gasteiger partial charge in [0.05, 0.1) is 27.8 Å². The summed E-state index contributed by atoms with van der Waals surface area (Å²) in [5, 5.41) is 2.21. The Hall–Kier alpha value is -3.17. The van der Waals surface area contributed by atoms with Crippen LogP contribution in [0.3, 0.4) is 0 Å². The minimum absolute atomic E-state index is 0.116. The fourth-order valence-electron chi connectivity index (χ4n) is 2.72. The van der Waals surface area contributed by atoms with Crippen LogP contribution in [-0.2, 0) is 14.3 Å². The van der Waals surface area contributed by atoms with Crippen molar-refractivity contribution in [3.8, 4) is 0 Å². The molecule has 1 aliphatic rings. The van der Waals surface area contributed by atoms with E-state index in [1.165, 1.54) is 24.3 Å². The summed E-state index contributed by atoms with van der Waals surface area (Å²) in [6.07, 6.45) is 4.68. The number of carbonyl (C=O) groups excluding carboxylic acids is 4. The van der Waals surface area contributed by atoms with Crippen molar-refractivity contribution in [2.45, 2.75) is 19.8 Å². The third kappa shape index (κ3) is 5.95. The van der Waals surface area contributed by atoms with Crippen LogP contribution in [0.25, 0.3) is 6.08 Å². The Balaban J connectivity index is 1.65. The molecule has 1 N–H and O–H groups in total. The zero-order valence-electron chi connectivity index (χ0n) is 17.2. The number of hydrogen-bond donors (Lipinski definition) is 1. The first-order valence-corrected chi connectivity index (χ1v) is 11.0. The Morgan fingerprint density at radius 1 is 1.25 bits per heavy atom. The molecule has 2 aromatic rings. The fraction of sp³-hybridized carbons (Fsp3) is 0.227. The van der Waals surface area contributed by atoms with Gasteiger partial charge in [0.2, 0.25) is 5.91 Å². The highest BCUT2D eigenvalue weighted by atomic mass is 35.5. The SMILES string of the molecule is CCCCOC(=O)c1cc(NC(=O)CN2C(=O)S/C(=C\c3ccccn3)C2=O)ccc1Cl. The van der Waals surface area contributed by atoms with Crippen LogP contribution >= 0.6 is 23.4 Å². The highest BCUT2D eigenvalue weighted by Gasteiger charge is 2.36. The molecule has 1 aliphatic heterocycles. The molecule has 0 unspecified atom stereocenters. The van der Waals surface area contributed by atoms with E-state index in [9.17, 15) is 19.2 Å². The van der Waals surface area contributed by atoms with Crippen LogP contribution in [0.2, 0.25) is 5.02 Å². The van der Waals surface area contributed by atoms with Gasteiger partial charge in [-0.2, -0.15) is 0 Å². The first-order valence-electron chi connectivity index (χ1n) is 9.82. The Bertz CT molecular complexity index is 1070. The number of pyridine rings is 1. The molecule has 2 heterocycles. The molecule has 1 aromatic heterocycles.